The molecular weight excluding hydrogens is 357 g/mol. The Balaban J connectivity index is 0.00000288. The Labute approximate surface area is 167 Å². The van der Waals surface area contributed by atoms with Crippen molar-refractivity contribution >= 4 is 30.7 Å². The number of halogens is 2. The third-order valence-corrected chi connectivity index (χ3v) is 5.61. The smallest absolute Gasteiger partial charge is 0.222 e. The highest BCUT2D eigenvalue weighted by atomic mass is 35.5. The summed E-state index contributed by atoms with van der Waals surface area (Å²) in [5.74, 6) is 1.98. The first-order chi connectivity index (χ1) is 11.2. The molecule has 6 heteroatoms. The lowest BCUT2D eigenvalue weighted by molar-refractivity contribution is -0.133. The molecule has 2 aliphatic rings. The van der Waals surface area contributed by atoms with E-state index in [1.54, 1.807) is 0 Å². The Bertz CT molecular complexity index is 350. The summed E-state index contributed by atoms with van der Waals surface area (Å²) < 4.78 is 0. The van der Waals surface area contributed by atoms with Gasteiger partial charge in [-0.05, 0) is 70.0 Å². The van der Waals surface area contributed by atoms with Crippen molar-refractivity contribution in [1.29, 1.82) is 0 Å². The van der Waals surface area contributed by atoms with E-state index < -0.39 is 0 Å². The molecule has 0 aromatic carbocycles. The van der Waals surface area contributed by atoms with Crippen molar-refractivity contribution in [2.75, 3.05) is 39.3 Å². The van der Waals surface area contributed by atoms with Gasteiger partial charge >= 0.3 is 0 Å². The number of amides is 1. The van der Waals surface area contributed by atoms with Crippen molar-refractivity contribution in [2.45, 2.75) is 64.7 Å². The number of hydrogen-bond acceptors (Lipinski definition) is 3. The normalized spacial score (nSPS) is 22.2. The molecule has 2 aliphatic heterocycles. The highest BCUT2D eigenvalue weighted by molar-refractivity contribution is 5.85. The summed E-state index contributed by atoms with van der Waals surface area (Å²) in [6, 6.07) is 0. The van der Waals surface area contributed by atoms with Crippen LogP contribution in [0.25, 0.3) is 0 Å². The fraction of sp³-hybridized carbons (Fsp3) is 0.947. The predicted octanol–water partition coefficient (Wildman–Crippen LogP) is 3.71. The van der Waals surface area contributed by atoms with Gasteiger partial charge in [0.25, 0.3) is 0 Å². The third kappa shape index (κ3) is 9.46. The quantitative estimate of drug-likeness (QED) is 0.637. The van der Waals surface area contributed by atoms with Gasteiger partial charge < -0.3 is 15.5 Å². The van der Waals surface area contributed by atoms with E-state index in [4.69, 9.17) is 5.73 Å². The summed E-state index contributed by atoms with van der Waals surface area (Å²) >= 11 is 0. The first-order valence-corrected chi connectivity index (χ1v) is 9.89. The first kappa shape index (κ1) is 25.0. The average molecular weight is 396 g/mol. The van der Waals surface area contributed by atoms with E-state index in [2.05, 4.69) is 16.7 Å². The lowest BCUT2D eigenvalue weighted by Gasteiger charge is -2.38. The number of unbranched alkanes of at least 4 members (excludes halogenated alkanes) is 3. The van der Waals surface area contributed by atoms with Crippen molar-refractivity contribution in [2.24, 2.45) is 17.6 Å². The lowest BCUT2D eigenvalue weighted by Crippen LogP contribution is -2.45. The fourth-order valence-electron chi connectivity index (χ4n) is 3.98. The number of rotatable bonds is 8. The highest BCUT2D eigenvalue weighted by Gasteiger charge is 2.26. The Kier molecular flexibility index (Phi) is 14.1. The molecule has 2 saturated heterocycles. The van der Waals surface area contributed by atoms with Crippen molar-refractivity contribution < 1.29 is 4.79 Å². The van der Waals surface area contributed by atoms with Crippen molar-refractivity contribution in [1.82, 2.24) is 9.80 Å². The maximum Gasteiger partial charge on any atom is 0.222 e. The zero-order valence-electron chi connectivity index (χ0n) is 16.0. The third-order valence-electron chi connectivity index (χ3n) is 5.61. The van der Waals surface area contributed by atoms with E-state index in [0.29, 0.717) is 11.8 Å². The zero-order chi connectivity index (χ0) is 16.5. The number of carbonyl (C=O) groups is 1. The molecule has 2 rings (SSSR count). The van der Waals surface area contributed by atoms with E-state index in [1.165, 1.54) is 51.7 Å². The Morgan fingerprint density at radius 3 is 2.36 bits per heavy atom. The highest BCUT2D eigenvalue weighted by Crippen LogP contribution is 2.22. The molecule has 25 heavy (non-hydrogen) atoms. The molecule has 0 aliphatic carbocycles. The SMILES string of the molecule is CC1CCN(CC2CCCN(C(=O)CCCCCCN)C2)CC1.Cl.Cl. The van der Waals surface area contributed by atoms with Crippen LogP contribution >= 0.6 is 24.8 Å². The van der Waals surface area contributed by atoms with E-state index in [0.717, 1.165) is 51.2 Å². The van der Waals surface area contributed by atoms with Crippen LogP contribution in [0.4, 0.5) is 0 Å². The molecule has 150 valence electrons. The molecule has 4 nitrogen and oxygen atoms in total. The molecule has 1 atom stereocenters. The number of likely N-dealkylation sites (tertiary alicyclic amines) is 2. The second-order valence-corrected chi connectivity index (χ2v) is 7.78. The van der Waals surface area contributed by atoms with E-state index in [-0.39, 0.29) is 24.8 Å². The van der Waals surface area contributed by atoms with Crippen LogP contribution in [0.2, 0.25) is 0 Å². The van der Waals surface area contributed by atoms with Gasteiger partial charge in [0.05, 0.1) is 0 Å². The first-order valence-electron chi connectivity index (χ1n) is 9.89. The second kappa shape index (κ2) is 14.1. The number of piperidine rings is 2. The summed E-state index contributed by atoms with van der Waals surface area (Å²) in [6.07, 6.45) is 10.3. The molecule has 0 aromatic heterocycles. The van der Waals surface area contributed by atoms with E-state index in [1.807, 2.05) is 0 Å². The molecule has 0 bridgehead atoms. The molecule has 2 fully saturated rings. The Morgan fingerprint density at radius 2 is 1.68 bits per heavy atom. The molecule has 0 spiro atoms. The summed E-state index contributed by atoms with van der Waals surface area (Å²) in [7, 11) is 0. The molecular formula is C19H39Cl2N3O. The summed E-state index contributed by atoms with van der Waals surface area (Å²) in [5, 5.41) is 0. The summed E-state index contributed by atoms with van der Waals surface area (Å²) in [6.45, 7) is 8.83. The van der Waals surface area contributed by atoms with Crippen LogP contribution in [-0.2, 0) is 4.79 Å². The van der Waals surface area contributed by atoms with Crippen LogP contribution in [0.3, 0.4) is 0 Å². The van der Waals surface area contributed by atoms with Gasteiger partial charge in [-0.25, -0.2) is 0 Å². The van der Waals surface area contributed by atoms with E-state index >= 15 is 0 Å². The van der Waals surface area contributed by atoms with Crippen molar-refractivity contribution in [3.8, 4) is 0 Å². The molecule has 0 saturated carbocycles. The standard InChI is InChI=1S/C19H37N3O.2ClH/c1-17-9-13-21(14-10-17)15-18-7-6-12-22(16-18)19(23)8-4-2-3-5-11-20;;/h17-18H,2-16,20H2,1H3;2*1H. The number of hydrogen-bond donors (Lipinski definition) is 1. The van der Waals surface area contributed by atoms with Crippen LogP contribution in [-0.4, -0.2) is 55.0 Å². The zero-order valence-corrected chi connectivity index (χ0v) is 17.6. The molecule has 1 unspecified atom stereocenters. The second-order valence-electron chi connectivity index (χ2n) is 7.78. The fourth-order valence-corrected chi connectivity index (χ4v) is 3.98. The van der Waals surface area contributed by atoms with Crippen LogP contribution in [0, 0.1) is 11.8 Å². The molecule has 1 amide bonds. The van der Waals surface area contributed by atoms with Gasteiger partial charge in [0.2, 0.25) is 5.91 Å². The van der Waals surface area contributed by atoms with Gasteiger partial charge in [0.15, 0.2) is 0 Å². The average Bonchev–Trinajstić information content (AvgIpc) is 2.57. The van der Waals surface area contributed by atoms with Crippen LogP contribution in [0.1, 0.15) is 64.7 Å². The van der Waals surface area contributed by atoms with Gasteiger partial charge in [0.1, 0.15) is 0 Å². The van der Waals surface area contributed by atoms with Gasteiger partial charge in [0, 0.05) is 26.1 Å². The molecule has 2 N–H and O–H groups in total. The summed E-state index contributed by atoms with van der Waals surface area (Å²) in [4.78, 5) is 17.2. The van der Waals surface area contributed by atoms with E-state index in [9.17, 15) is 4.79 Å². The molecule has 0 radical (unpaired) electrons. The minimum absolute atomic E-state index is 0. The van der Waals surface area contributed by atoms with Crippen molar-refractivity contribution in [3.05, 3.63) is 0 Å². The van der Waals surface area contributed by atoms with Crippen LogP contribution < -0.4 is 5.73 Å². The van der Waals surface area contributed by atoms with Crippen LogP contribution in [0.5, 0.6) is 0 Å². The maximum atomic E-state index is 12.4. The minimum Gasteiger partial charge on any atom is -0.342 e. The van der Waals surface area contributed by atoms with Gasteiger partial charge in [-0.2, -0.15) is 0 Å². The molecule has 2 heterocycles. The maximum absolute atomic E-state index is 12.4. The number of carbonyl (C=O) groups excluding carboxylic acids is 1. The largest absolute Gasteiger partial charge is 0.342 e. The lowest BCUT2D eigenvalue weighted by atomic mass is 9.94. The number of nitrogens with zero attached hydrogens (tertiary/aromatic N) is 2. The summed E-state index contributed by atoms with van der Waals surface area (Å²) in [5.41, 5.74) is 5.51. The topological polar surface area (TPSA) is 49.6 Å². The monoisotopic (exact) mass is 395 g/mol. The minimum atomic E-state index is 0. The van der Waals surface area contributed by atoms with Crippen molar-refractivity contribution in [3.63, 3.8) is 0 Å². The predicted molar refractivity (Wildman–Crippen MR) is 111 cm³/mol. The van der Waals surface area contributed by atoms with Gasteiger partial charge in [-0.1, -0.05) is 19.8 Å². The Morgan fingerprint density at radius 1 is 1.00 bits per heavy atom. The molecule has 0 aromatic rings. The van der Waals surface area contributed by atoms with Gasteiger partial charge in [-0.15, -0.1) is 24.8 Å². The van der Waals surface area contributed by atoms with Crippen LogP contribution in [0.15, 0.2) is 0 Å². The Hall–Kier alpha value is -0.0300. The number of nitrogens with two attached hydrogens (primary N) is 1. The van der Waals surface area contributed by atoms with Gasteiger partial charge in [-0.3, -0.25) is 4.79 Å².